The van der Waals surface area contributed by atoms with Gasteiger partial charge in [-0.15, -0.1) is 0 Å². The molecule has 0 aliphatic rings. The lowest BCUT2D eigenvalue weighted by Gasteiger charge is -2.14. The number of alkyl halides is 5. The highest BCUT2D eigenvalue weighted by Gasteiger charge is 2.35. The van der Waals surface area contributed by atoms with Crippen LogP contribution in [-0.2, 0) is 6.18 Å². The van der Waals surface area contributed by atoms with E-state index >= 15 is 0 Å². The molecule has 1 rings (SSSR count). The van der Waals surface area contributed by atoms with Crippen LogP contribution < -0.4 is 15.2 Å². The fourth-order valence-corrected chi connectivity index (χ4v) is 1.11. The van der Waals surface area contributed by atoms with Crippen molar-refractivity contribution >= 4 is 6.09 Å². The third-order valence-corrected chi connectivity index (χ3v) is 1.69. The van der Waals surface area contributed by atoms with Crippen LogP contribution in [0.15, 0.2) is 18.2 Å². The second-order valence-corrected chi connectivity index (χ2v) is 2.96. The zero-order valence-corrected chi connectivity index (χ0v) is 8.50. The SMILES string of the molecule is NC(=O)Oc1ccc(OC(F)F)c(C(F)(F)F)c1. The summed E-state index contributed by atoms with van der Waals surface area (Å²) in [5, 5.41) is 0. The van der Waals surface area contributed by atoms with Gasteiger partial charge < -0.3 is 15.2 Å². The number of nitrogens with two attached hydrogens (primary N) is 1. The first-order chi connectivity index (χ1) is 8.20. The Balaban J connectivity index is 3.16. The predicted molar refractivity (Wildman–Crippen MR) is 48.3 cm³/mol. The van der Waals surface area contributed by atoms with Gasteiger partial charge >= 0.3 is 18.9 Å². The number of halogens is 5. The van der Waals surface area contributed by atoms with Crippen molar-refractivity contribution in [3.8, 4) is 11.5 Å². The Bertz CT molecular complexity index is 446. The van der Waals surface area contributed by atoms with Crippen LogP contribution in [0.2, 0.25) is 0 Å². The van der Waals surface area contributed by atoms with E-state index in [0.29, 0.717) is 12.1 Å². The van der Waals surface area contributed by atoms with E-state index < -0.39 is 35.9 Å². The van der Waals surface area contributed by atoms with Gasteiger partial charge in [-0.2, -0.15) is 22.0 Å². The summed E-state index contributed by atoms with van der Waals surface area (Å²) in [6.45, 7) is -3.41. The first-order valence-electron chi connectivity index (χ1n) is 4.33. The Morgan fingerprint density at radius 2 is 1.89 bits per heavy atom. The van der Waals surface area contributed by atoms with Crippen molar-refractivity contribution in [2.75, 3.05) is 0 Å². The maximum atomic E-state index is 12.5. The van der Waals surface area contributed by atoms with Crippen LogP contribution in [-0.4, -0.2) is 12.7 Å². The van der Waals surface area contributed by atoms with E-state index in [9.17, 15) is 26.7 Å². The monoisotopic (exact) mass is 271 g/mol. The molecule has 0 spiro atoms. The molecule has 0 saturated heterocycles. The van der Waals surface area contributed by atoms with Crippen molar-refractivity contribution in [3.63, 3.8) is 0 Å². The van der Waals surface area contributed by atoms with Crippen LogP contribution in [0.1, 0.15) is 5.56 Å². The largest absolute Gasteiger partial charge is 0.434 e. The van der Waals surface area contributed by atoms with Gasteiger partial charge in [-0.3, -0.25) is 0 Å². The molecule has 0 fully saturated rings. The number of ether oxygens (including phenoxy) is 2. The fraction of sp³-hybridized carbons (Fsp3) is 0.222. The first kappa shape index (κ1) is 14.0. The molecule has 0 unspecified atom stereocenters. The second kappa shape index (κ2) is 5.07. The fourth-order valence-electron chi connectivity index (χ4n) is 1.11. The number of benzene rings is 1. The van der Waals surface area contributed by atoms with Gasteiger partial charge in [0.15, 0.2) is 0 Å². The number of hydrogen-bond acceptors (Lipinski definition) is 3. The van der Waals surface area contributed by atoms with Crippen LogP contribution in [0.3, 0.4) is 0 Å². The van der Waals surface area contributed by atoms with Crippen molar-refractivity contribution in [2.24, 2.45) is 5.73 Å². The lowest BCUT2D eigenvalue weighted by Crippen LogP contribution is -2.17. The van der Waals surface area contributed by atoms with Crippen LogP contribution in [0, 0.1) is 0 Å². The topological polar surface area (TPSA) is 61.6 Å². The van der Waals surface area contributed by atoms with Crippen molar-refractivity contribution in [1.29, 1.82) is 0 Å². The average Bonchev–Trinajstić information content (AvgIpc) is 2.17. The summed E-state index contributed by atoms with van der Waals surface area (Å²) in [7, 11) is 0. The lowest BCUT2D eigenvalue weighted by molar-refractivity contribution is -0.142. The molecule has 0 heterocycles. The van der Waals surface area contributed by atoms with Gasteiger partial charge in [0.05, 0.1) is 0 Å². The number of carbonyl (C=O) groups is 1. The molecule has 4 nitrogen and oxygen atoms in total. The van der Waals surface area contributed by atoms with Crippen LogP contribution in [0.5, 0.6) is 11.5 Å². The lowest BCUT2D eigenvalue weighted by atomic mass is 10.2. The third kappa shape index (κ3) is 3.75. The zero-order chi connectivity index (χ0) is 13.9. The quantitative estimate of drug-likeness (QED) is 0.860. The molecular formula is C9H6F5NO3. The van der Waals surface area contributed by atoms with Crippen LogP contribution in [0.4, 0.5) is 26.7 Å². The number of hydrogen-bond donors (Lipinski definition) is 1. The Morgan fingerprint density at radius 3 is 2.33 bits per heavy atom. The Morgan fingerprint density at radius 1 is 1.28 bits per heavy atom. The minimum absolute atomic E-state index is 0.336. The summed E-state index contributed by atoms with van der Waals surface area (Å²) >= 11 is 0. The summed E-state index contributed by atoms with van der Waals surface area (Å²) in [6, 6.07) is 1.79. The summed E-state index contributed by atoms with van der Waals surface area (Å²) in [4.78, 5) is 10.4. The van der Waals surface area contributed by atoms with Gasteiger partial charge in [0.1, 0.15) is 17.1 Å². The Labute approximate surface area is 97.1 Å². The standard InChI is InChI=1S/C9H6F5NO3/c10-7(11)18-6-2-1-4(17-8(15)16)3-5(6)9(12,13)14/h1-3,7H,(H2,15,16). The van der Waals surface area contributed by atoms with E-state index in [4.69, 9.17) is 0 Å². The molecule has 9 heteroatoms. The molecule has 0 saturated carbocycles. The molecule has 18 heavy (non-hydrogen) atoms. The highest BCUT2D eigenvalue weighted by Crippen LogP contribution is 2.38. The molecule has 0 aliphatic carbocycles. The summed E-state index contributed by atoms with van der Waals surface area (Å²) < 4.78 is 69.3. The number of primary amides is 1. The van der Waals surface area contributed by atoms with Gasteiger partial charge in [0, 0.05) is 0 Å². The molecule has 100 valence electrons. The summed E-state index contributed by atoms with van der Waals surface area (Å²) in [5.74, 6) is -1.61. The summed E-state index contributed by atoms with van der Waals surface area (Å²) in [6.07, 6.45) is -6.27. The average molecular weight is 271 g/mol. The third-order valence-electron chi connectivity index (χ3n) is 1.69. The van der Waals surface area contributed by atoms with E-state index in [2.05, 4.69) is 15.2 Å². The van der Waals surface area contributed by atoms with Crippen molar-refractivity contribution in [2.45, 2.75) is 12.8 Å². The van der Waals surface area contributed by atoms with Gasteiger partial charge in [0.25, 0.3) is 0 Å². The van der Waals surface area contributed by atoms with Gasteiger partial charge in [0.2, 0.25) is 0 Å². The zero-order valence-electron chi connectivity index (χ0n) is 8.50. The number of rotatable bonds is 3. The highest BCUT2D eigenvalue weighted by atomic mass is 19.4. The molecule has 0 aliphatic heterocycles. The molecule has 0 radical (unpaired) electrons. The van der Waals surface area contributed by atoms with Crippen LogP contribution >= 0.6 is 0 Å². The first-order valence-corrected chi connectivity index (χ1v) is 4.33. The van der Waals surface area contributed by atoms with Gasteiger partial charge in [-0.05, 0) is 18.2 Å². The minimum atomic E-state index is -4.94. The van der Waals surface area contributed by atoms with E-state index in [1.165, 1.54) is 0 Å². The molecule has 0 aromatic heterocycles. The van der Waals surface area contributed by atoms with Gasteiger partial charge in [-0.1, -0.05) is 0 Å². The number of amides is 1. The maximum Gasteiger partial charge on any atom is 0.420 e. The molecule has 0 atom stereocenters. The Hall–Kier alpha value is -2.06. The maximum absolute atomic E-state index is 12.5. The van der Waals surface area contributed by atoms with E-state index in [1.807, 2.05) is 0 Å². The molecule has 1 aromatic rings. The Kier molecular flexibility index (Phi) is 3.94. The van der Waals surface area contributed by atoms with Gasteiger partial charge in [-0.25, -0.2) is 4.79 Å². The molecule has 2 N–H and O–H groups in total. The van der Waals surface area contributed by atoms with E-state index in [0.717, 1.165) is 6.07 Å². The van der Waals surface area contributed by atoms with Crippen LogP contribution in [0.25, 0.3) is 0 Å². The molecule has 0 bridgehead atoms. The van der Waals surface area contributed by atoms with E-state index in [1.54, 1.807) is 0 Å². The van der Waals surface area contributed by atoms with E-state index in [-0.39, 0.29) is 0 Å². The second-order valence-electron chi connectivity index (χ2n) is 2.96. The summed E-state index contributed by atoms with van der Waals surface area (Å²) in [5.41, 5.74) is 3.11. The smallest absolute Gasteiger partial charge is 0.420 e. The number of carbonyl (C=O) groups excluding carboxylic acids is 1. The van der Waals surface area contributed by atoms with Crippen molar-refractivity contribution in [3.05, 3.63) is 23.8 Å². The molecular weight excluding hydrogens is 265 g/mol. The highest BCUT2D eigenvalue weighted by molar-refractivity contribution is 5.68. The molecule has 1 aromatic carbocycles. The van der Waals surface area contributed by atoms with Crippen molar-refractivity contribution < 1.29 is 36.2 Å². The van der Waals surface area contributed by atoms with Crippen molar-refractivity contribution in [1.82, 2.24) is 0 Å². The molecule has 1 amide bonds. The minimum Gasteiger partial charge on any atom is -0.434 e. The predicted octanol–water partition coefficient (Wildman–Crippen LogP) is 2.76. The normalized spacial score (nSPS) is 11.4.